The van der Waals surface area contributed by atoms with Crippen LogP contribution >= 0.6 is 15.9 Å². The fourth-order valence-corrected chi connectivity index (χ4v) is 3.28. The molecule has 0 N–H and O–H groups in total. The van der Waals surface area contributed by atoms with Gasteiger partial charge >= 0.3 is 0 Å². The number of aromatic nitrogens is 2. The lowest BCUT2D eigenvalue weighted by atomic mass is 10.1. The van der Waals surface area contributed by atoms with Crippen LogP contribution in [0.1, 0.15) is 25.8 Å². The first-order chi connectivity index (χ1) is 11.2. The molecule has 0 unspecified atom stereocenters. The van der Waals surface area contributed by atoms with Crippen LogP contribution in [0.5, 0.6) is 5.75 Å². The molecular formula is C19H21BrN2O. The molecule has 0 saturated carbocycles. The van der Waals surface area contributed by atoms with Crippen LogP contribution in [0.3, 0.4) is 0 Å². The van der Waals surface area contributed by atoms with Gasteiger partial charge in [0.25, 0.3) is 0 Å². The van der Waals surface area contributed by atoms with Crippen molar-refractivity contribution in [2.45, 2.75) is 33.7 Å². The van der Waals surface area contributed by atoms with E-state index in [2.05, 4.69) is 57.8 Å². The maximum absolute atomic E-state index is 5.88. The van der Waals surface area contributed by atoms with Crippen LogP contribution in [0.4, 0.5) is 0 Å². The van der Waals surface area contributed by atoms with Crippen LogP contribution in [0, 0.1) is 6.92 Å². The maximum Gasteiger partial charge on any atom is 0.146 e. The third kappa shape index (κ3) is 3.00. The zero-order valence-electron chi connectivity index (χ0n) is 13.8. The van der Waals surface area contributed by atoms with Crippen molar-refractivity contribution in [1.82, 2.24) is 9.55 Å². The van der Waals surface area contributed by atoms with Gasteiger partial charge in [0.2, 0.25) is 0 Å². The van der Waals surface area contributed by atoms with Crippen molar-refractivity contribution >= 4 is 27.0 Å². The molecular weight excluding hydrogens is 352 g/mol. The summed E-state index contributed by atoms with van der Waals surface area (Å²) in [6.07, 6.45) is 0.997. The largest absolute Gasteiger partial charge is 0.491 e. The number of imidazole rings is 1. The quantitative estimate of drug-likeness (QED) is 0.557. The Balaban J connectivity index is 0.000000753. The molecule has 4 rings (SSSR count). The van der Waals surface area contributed by atoms with E-state index in [-0.39, 0.29) is 0 Å². The van der Waals surface area contributed by atoms with Gasteiger partial charge in [-0.3, -0.25) is 0 Å². The maximum atomic E-state index is 5.88. The molecule has 0 fully saturated rings. The summed E-state index contributed by atoms with van der Waals surface area (Å²) in [4.78, 5) is 4.84. The summed E-state index contributed by atoms with van der Waals surface area (Å²) in [5.41, 5.74) is 4.50. The molecule has 0 bridgehead atoms. The van der Waals surface area contributed by atoms with E-state index in [1.54, 1.807) is 0 Å². The smallest absolute Gasteiger partial charge is 0.146 e. The number of halogens is 1. The third-order valence-electron chi connectivity index (χ3n) is 3.86. The van der Waals surface area contributed by atoms with Gasteiger partial charge < -0.3 is 9.30 Å². The summed E-state index contributed by atoms with van der Waals surface area (Å²) < 4.78 is 9.17. The van der Waals surface area contributed by atoms with E-state index < -0.39 is 0 Å². The minimum absolute atomic E-state index is 0.751. The Morgan fingerprint density at radius 2 is 1.87 bits per heavy atom. The van der Waals surface area contributed by atoms with Crippen molar-refractivity contribution in [3.63, 3.8) is 0 Å². The number of aryl methyl sites for hydroxylation is 2. The topological polar surface area (TPSA) is 27.1 Å². The van der Waals surface area contributed by atoms with E-state index in [1.165, 1.54) is 5.56 Å². The highest BCUT2D eigenvalue weighted by Gasteiger charge is 2.19. The molecule has 0 atom stereocenters. The number of hydrogen-bond acceptors (Lipinski definition) is 2. The highest BCUT2D eigenvalue weighted by molar-refractivity contribution is 9.10. The fourth-order valence-electron chi connectivity index (χ4n) is 2.85. The number of rotatable bonds is 1. The molecule has 0 aliphatic carbocycles. The van der Waals surface area contributed by atoms with Crippen LogP contribution in [0.2, 0.25) is 0 Å². The summed E-state index contributed by atoms with van der Waals surface area (Å²) in [5.74, 6) is 1.94. The third-order valence-corrected chi connectivity index (χ3v) is 4.32. The second kappa shape index (κ2) is 6.75. The molecule has 0 spiro atoms. The SMILES string of the molecule is CC.Cc1ccc(-c2nc3cc(Br)cc4c3n2CCCO4)cc1. The molecule has 1 aliphatic heterocycles. The summed E-state index contributed by atoms with van der Waals surface area (Å²) in [6.45, 7) is 7.79. The van der Waals surface area contributed by atoms with Crippen LogP contribution in [0.15, 0.2) is 40.9 Å². The second-order valence-electron chi connectivity index (χ2n) is 5.43. The molecule has 2 aromatic carbocycles. The average molecular weight is 373 g/mol. The van der Waals surface area contributed by atoms with Gasteiger partial charge in [-0.2, -0.15) is 0 Å². The van der Waals surface area contributed by atoms with Crippen molar-refractivity contribution in [3.8, 4) is 17.1 Å². The zero-order valence-corrected chi connectivity index (χ0v) is 15.4. The highest BCUT2D eigenvalue weighted by atomic mass is 79.9. The first-order valence-corrected chi connectivity index (χ1v) is 8.91. The number of ether oxygens (including phenoxy) is 1. The van der Waals surface area contributed by atoms with Gasteiger partial charge in [-0.15, -0.1) is 0 Å². The molecule has 2 heterocycles. The normalized spacial score (nSPS) is 13.0. The highest BCUT2D eigenvalue weighted by Crippen LogP contribution is 2.35. The predicted molar refractivity (Wildman–Crippen MR) is 99.1 cm³/mol. The van der Waals surface area contributed by atoms with E-state index in [1.807, 2.05) is 19.9 Å². The molecule has 1 aromatic heterocycles. The summed E-state index contributed by atoms with van der Waals surface area (Å²) in [6, 6.07) is 12.6. The zero-order chi connectivity index (χ0) is 16.4. The fraction of sp³-hybridized carbons (Fsp3) is 0.316. The van der Waals surface area contributed by atoms with E-state index in [0.717, 1.165) is 52.2 Å². The Kier molecular flexibility index (Phi) is 4.71. The minimum atomic E-state index is 0.751. The molecule has 120 valence electrons. The molecule has 0 saturated heterocycles. The monoisotopic (exact) mass is 372 g/mol. The molecule has 0 amide bonds. The van der Waals surface area contributed by atoms with E-state index in [0.29, 0.717) is 0 Å². The van der Waals surface area contributed by atoms with E-state index >= 15 is 0 Å². The molecule has 23 heavy (non-hydrogen) atoms. The molecule has 4 heteroatoms. The summed E-state index contributed by atoms with van der Waals surface area (Å²) in [5, 5.41) is 0. The van der Waals surface area contributed by atoms with Crippen molar-refractivity contribution in [2.75, 3.05) is 6.61 Å². The van der Waals surface area contributed by atoms with Crippen molar-refractivity contribution in [2.24, 2.45) is 0 Å². The van der Waals surface area contributed by atoms with Crippen molar-refractivity contribution in [3.05, 3.63) is 46.4 Å². The van der Waals surface area contributed by atoms with Crippen molar-refractivity contribution < 1.29 is 4.74 Å². The van der Waals surface area contributed by atoms with Gasteiger partial charge in [0, 0.05) is 16.6 Å². The lowest BCUT2D eigenvalue weighted by Crippen LogP contribution is -2.01. The lowest BCUT2D eigenvalue weighted by Gasteiger charge is -2.07. The average Bonchev–Trinajstić information content (AvgIpc) is 2.78. The minimum Gasteiger partial charge on any atom is -0.491 e. The molecule has 0 radical (unpaired) electrons. The Hall–Kier alpha value is -1.81. The molecule has 3 nitrogen and oxygen atoms in total. The van der Waals surface area contributed by atoms with E-state index in [9.17, 15) is 0 Å². The number of hydrogen-bond donors (Lipinski definition) is 0. The lowest BCUT2D eigenvalue weighted by molar-refractivity contribution is 0.315. The summed E-state index contributed by atoms with van der Waals surface area (Å²) in [7, 11) is 0. The van der Waals surface area contributed by atoms with Gasteiger partial charge in [-0.1, -0.05) is 59.6 Å². The van der Waals surface area contributed by atoms with Crippen LogP contribution in [0.25, 0.3) is 22.4 Å². The van der Waals surface area contributed by atoms with Gasteiger partial charge in [-0.05, 0) is 25.5 Å². The van der Waals surface area contributed by atoms with Crippen LogP contribution in [-0.2, 0) is 6.54 Å². The Morgan fingerprint density at radius 1 is 1.13 bits per heavy atom. The first kappa shape index (κ1) is 16.1. The molecule has 1 aliphatic rings. The Labute approximate surface area is 145 Å². The summed E-state index contributed by atoms with van der Waals surface area (Å²) >= 11 is 3.54. The van der Waals surface area contributed by atoms with Crippen molar-refractivity contribution in [1.29, 1.82) is 0 Å². The van der Waals surface area contributed by atoms with Crippen LogP contribution in [-0.4, -0.2) is 16.2 Å². The Morgan fingerprint density at radius 3 is 2.61 bits per heavy atom. The van der Waals surface area contributed by atoms with Gasteiger partial charge in [0.15, 0.2) is 0 Å². The number of benzene rings is 2. The second-order valence-corrected chi connectivity index (χ2v) is 6.34. The van der Waals surface area contributed by atoms with Gasteiger partial charge in [-0.25, -0.2) is 4.98 Å². The van der Waals surface area contributed by atoms with Gasteiger partial charge in [0.1, 0.15) is 17.1 Å². The standard InChI is InChI=1S/C17H15BrN2O.C2H6/c1-11-3-5-12(6-4-11)17-19-14-9-13(18)10-15-16(14)20(17)7-2-8-21-15;1-2/h3-6,9-10H,2,7-8H2,1H3;1-2H3. The number of nitrogens with zero attached hydrogens (tertiary/aromatic N) is 2. The van der Waals surface area contributed by atoms with E-state index in [4.69, 9.17) is 9.72 Å². The molecule has 3 aromatic rings. The first-order valence-electron chi connectivity index (χ1n) is 8.12. The van der Waals surface area contributed by atoms with Crippen LogP contribution < -0.4 is 4.74 Å². The van der Waals surface area contributed by atoms with Gasteiger partial charge in [0.05, 0.1) is 12.1 Å². The predicted octanol–water partition coefficient (Wildman–Crippen LogP) is 5.58. The Bertz CT molecular complexity index is 821.